The Balaban J connectivity index is 3.47. The molecule has 0 unspecified atom stereocenters. The van der Waals surface area contributed by atoms with Gasteiger partial charge in [-0.3, -0.25) is 19.2 Å². The lowest BCUT2D eigenvalue weighted by molar-refractivity contribution is -0.152. The minimum absolute atomic E-state index is 0.0945. The van der Waals surface area contributed by atoms with Crippen LogP contribution in [-0.2, 0) is 28.7 Å². The van der Waals surface area contributed by atoms with Gasteiger partial charge in [-0.05, 0) is 6.42 Å². The summed E-state index contributed by atoms with van der Waals surface area (Å²) < 4.78 is 9.38. The summed E-state index contributed by atoms with van der Waals surface area (Å²) in [5, 5.41) is 0. The summed E-state index contributed by atoms with van der Waals surface area (Å²) >= 11 is 0. The van der Waals surface area contributed by atoms with Crippen molar-refractivity contribution in [2.24, 2.45) is 0 Å². The number of rotatable bonds is 8. The summed E-state index contributed by atoms with van der Waals surface area (Å²) in [5.74, 6) is -1.38. The maximum atomic E-state index is 11.1. The van der Waals surface area contributed by atoms with Crippen LogP contribution < -0.4 is 5.48 Å². The number of amides is 1. The molecule has 1 N–H and O–H groups in total. The smallest absolute Gasteiger partial charge is 0.306 e. The van der Waals surface area contributed by atoms with Gasteiger partial charge >= 0.3 is 11.9 Å². The first-order valence-corrected chi connectivity index (χ1v) is 5.23. The summed E-state index contributed by atoms with van der Waals surface area (Å²) in [7, 11) is 1.28. The van der Waals surface area contributed by atoms with Gasteiger partial charge in [0.05, 0.1) is 13.7 Å². The van der Waals surface area contributed by atoms with Gasteiger partial charge in [0.2, 0.25) is 0 Å². The molecule has 0 aromatic rings. The zero-order valence-corrected chi connectivity index (χ0v) is 9.99. The molecule has 0 aromatic heterocycles. The van der Waals surface area contributed by atoms with Crippen molar-refractivity contribution in [3.05, 3.63) is 0 Å². The summed E-state index contributed by atoms with van der Waals surface area (Å²) in [6.45, 7) is 1.47. The van der Waals surface area contributed by atoms with Gasteiger partial charge in [-0.15, -0.1) is 0 Å². The van der Waals surface area contributed by atoms with Crippen LogP contribution in [0.25, 0.3) is 0 Å². The third-order valence-corrected chi connectivity index (χ3v) is 1.66. The van der Waals surface area contributed by atoms with Crippen molar-refractivity contribution < 1.29 is 28.7 Å². The molecule has 0 spiro atoms. The third kappa shape index (κ3) is 9.31. The molecule has 7 nitrogen and oxygen atoms in total. The van der Waals surface area contributed by atoms with Crippen LogP contribution in [0.1, 0.15) is 26.2 Å². The van der Waals surface area contributed by atoms with Crippen molar-refractivity contribution in [1.29, 1.82) is 0 Å². The first kappa shape index (κ1) is 15.4. The number of esters is 2. The zero-order chi connectivity index (χ0) is 13.1. The van der Waals surface area contributed by atoms with Crippen LogP contribution in [0.5, 0.6) is 0 Å². The fourth-order valence-corrected chi connectivity index (χ4v) is 0.866. The topological polar surface area (TPSA) is 90.9 Å². The van der Waals surface area contributed by atoms with Crippen molar-refractivity contribution >= 4 is 17.8 Å². The number of carbonyl (C=O) groups excluding carboxylic acids is 3. The van der Waals surface area contributed by atoms with Crippen LogP contribution in [0.3, 0.4) is 0 Å². The van der Waals surface area contributed by atoms with E-state index in [1.807, 2.05) is 5.48 Å². The van der Waals surface area contributed by atoms with Crippen molar-refractivity contribution in [1.82, 2.24) is 5.48 Å². The lowest BCUT2D eigenvalue weighted by atomic mass is 10.3. The molecule has 0 rings (SSSR count). The molecule has 17 heavy (non-hydrogen) atoms. The highest BCUT2D eigenvalue weighted by molar-refractivity contribution is 5.79. The Morgan fingerprint density at radius 1 is 1.12 bits per heavy atom. The van der Waals surface area contributed by atoms with E-state index in [1.165, 1.54) is 7.11 Å². The monoisotopic (exact) mass is 247 g/mol. The highest BCUT2D eigenvalue weighted by Crippen LogP contribution is 1.95. The van der Waals surface area contributed by atoms with Gasteiger partial charge in [0, 0.05) is 12.8 Å². The molecule has 0 aliphatic carbocycles. The summed E-state index contributed by atoms with van der Waals surface area (Å²) in [6.07, 6.45) is 0.773. The number of nitrogens with one attached hydrogen (secondary N) is 1. The quantitative estimate of drug-likeness (QED) is 0.367. The Morgan fingerprint density at radius 3 is 2.41 bits per heavy atom. The molecule has 0 aromatic carbocycles. The van der Waals surface area contributed by atoms with Crippen LogP contribution in [0.4, 0.5) is 0 Å². The van der Waals surface area contributed by atoms with Gasteiger partial charge in [-0.2, -0.15) is 0 Å². The lowest BCUT2D eigenvalue weighted by Crippen LogP contribution is -2.27. The average Bonchev–Trinajstić information content (AvgIpc) is 2.32. The third-order valence-electron chi connectivity index (χ3n) is 1.66. The van der Waals surface area contributed by atoms with Gasteiger partial charge < -0.3 is 9.47 Å². The highest BCUT2D eigenvalue weighted by atomic mass is 16.6. The molecule has 0 saturated carbocycles. The molecular weight excluding hydrogens is 230 g/mol. The normalized spacial score (nSPS) is 9.53. The Hall–Kier alpha value is -1.63. The number of carbonyl (C=O) groups is 3. The largest absolute Gasteiger partial charge is 0.466 e. The van der Waals surface area contributed by atoms with Crippen LogP contribution in [0, 0.1) is 0 Å². The SMILES string of the molecule is CCC(=O)OCCCC(=O)OCC(=O)NOC. The predicted octanol–water partition coefficient (Wildman–Crippen LogP) is -0.0594. The van der Waals surface area contributed by atoms with Gasteiger partial charge in [0.25, 0.3) is 5.91 Å². The van der Waals surface area contributed by atoms with E-state index >= 15 is 0 Å². The molecule has 0 heterocycles. The second-order valence-corrected chi connectivity index (χ2v) is 3.07. The van der Waals surface area contributed by atoms with Gasteiger partial charge in [0.15, 0.2) is 6.61 Å². The van der Waals surface area contributed by atoms with Gasteiger partial charge in [-0.1, -0.05) is 6.92 Å². The Morgan fingerprint density at radius 2 is 1.82 bits per heavy atom. The van der Waals surface area contributed by atoms with E-state index in [0.717, 1.165) is 0 Å². The zero-order valence-electron chi connectivity index (χ0n) is 9.99. The molecule has 7 heteroatoms. The molecule has 0 aliphatic heterocycles. The number of ether oxygens (including phenoxy) is 2. The van der Waals surface area contributed by atoms with Crippen molar-refractivity contribution in [2.75, 3.05) is 20.3 Å². The maximum absolute atomic E-state index is 11.1. The molecular formula is C10H17NO6. The summed E-state index contributed by atoms with van der Waals surface area (Å²) in [5.41, 5.74) is 2.01. The van der Waals surface area contributed by atoms with E-state index in [9.17, 15) is 14.4 Å². The van der Waals surface area contributed by atoms with Gasteiger partial charge in [0.1, 0.15) is 0 Å². The molecule has 0 radical (unpaired) electrons. The Labute approximate surface area is 99.4 Å². The second-order valence-electron chi connectivity index (χ2n) is 3.07. The molecule has 0 saturated heterocycles. The van der Waals surface area contributed by atoms with E-state index in [-0.39, 0.29) is 25.6 Å². The molecule has 0 atom stereocenters. The van der Waals surface area contributed by atoms with Crippen LogP contribution in [0.2, 0.25) is 0 Å². The molecule has 1 amide bonds. The highest BCUT2D eigenvalue weighted by Gasteiger charge is 2.07. The van der Waals surface area contributed by atoms with Crippen LogP contribution in [0.15, 0.2) is 0 Å². The minimum Gasteiger partial charge on any atom is -0.466 e. The molecule has 0 fully saturated rings. The standard InChI is InChI=1S/C10H17NO6/c1-3-9(13)16-6-4-5-10(14)17-7-8(12)11-15-2/h3-7H2,1-2H3,(H,11,12). The van der Waals surface area contributed by atoms with Crippen LogP contribution >= 0.6 is 0 Å². The minimum atomic E-state index is -0.543. The second kappa shape index (κ2) is 9.59. The molecule has 98 valence electrons. The van der Waals surface area contributed by atoms with E-state index in [0.29, 0.717) is 12.8 Å². The van der Waals surface area contributed by atoms with E-state index in [2.05, 4.69) is 9.57 Å². The molecule has 0 bridgehead atoms. The van der Waals surface area contributed by atoms with E-state index < -0.39 is 11.9 Å². The maximum Gasteiger partial charge on any atom is 0.306 e. The Kier molecular flexibility index (Phi) is 8.67. The lowest BCUT2D eigenvalue weighted by Gasteiger charge is -2.05. The predicted molar refractivity (Wildman–Crippen MR) is 56.6 cm³/mol. The summed E-state index contributed by atoms with van der Waals surface area (Å²) in [6, 6.07) is 0. The summed E-state index contributed by atoms with van der Waals surface area (Å²) in [4.78, 5) is 37.0. The Bertz CT molecular complexity index is 266. The first-order valence-electron chi connectivity index (χ1n) is 5.23. The number of hydrogen-bond acceptors (Lipinski definition) is 6. The van der Waals surface area contributed by atoms with Crippen LogP contribution in [-0.4, -0.2) is 38.2 Å². The van der Waals surface area contributed by atoms with E-state index in [4.69, 9.17) is 4.74 Å². The average molecular weight is 247 g/mol. The number of hydroxylamine groups is 1. The van der Waals surface area contributed by atoms with Crippen molar-refractivity contribution in [3.8, 4) is 0 Å². The fraction of sp³-hybridized carbons (Fsp3) is 0.700. The van der Waals surface area contributed by atoms with E-state index in [1.54, 1.807) is 6.92 Å². The van der Waals surface area contributed by atoms with Gasteiger partial charge in [-0.25, -0.2) is 5.48 Å². The first-order chi connectivity index (χ1) is 8.10. The van der Waals surface area contributed by atoms with Crippen molar-refractivity contribution in [2.45, 2.75) is 26.2 Å². The number of hydrogen-bond donors (Lipinski definition) is 1. The fourth-order valence-electron chi connectivity index (χ4n) is 0.866. The van der Waals surface area contributed by atoms with Crippen molar-refractivity contribution in [3.63, 3.8) is 0 Å². The molecule has 0 aliphatic rings.